The molecule has 1 atom stereocenters. The third kappa shape index (κ3) is 3.91. The summed E-state index contributed by atoms with van der Waals surface area (Å²) in [7, 11) is 0. The summed E-state index contributed by atoms with van der Waals surface area (Å²) in [6.45, 7) is 3.73. The molecule has 1 fully saturated rings. The number of carbonyl (C=O) groups excluding carboxylic acids is 2. The Morgan fingerprint density at radius 1 is 1.45 bits per heavy atom. The average Bonchev–Trinajstić information content (AvgIpc) is 2.54. The van der Waals surface area contributed by atoms with E-state index in [-0.39, 0.29) is 28.5 Å². The normalized spacial score (nSPS) is 18.1. The molecule has 1 unspecified atom stereocenters. The average molecular weight is 325 g/mol. The highest BCUT2D eigenvalue weighted by atomic mass is 35.5. The molecule has 2 rings (SSSR count). The van der Waals surface area contributed by atoms with E-state index >= 15 is 0 Å². The second kappa shape index (κ2) is 7.49. The quantitative estimate of drug-likeness (QED) is 0.893. The van der Waals surface area contributed by atoms with Crippen LogP contribution in [-0.4, -0.2) is 41.5 Å². The summed E-state index contributed by atoms with van der Waals surface area (Å²) >= 11 is 5.85. The van der Waals surface area contributed by atoms with Crippen molar-refractivity contribution in [1.29, 1.82) is 0 Å². The van der Waals surface area contributed by atoms with Crippen LogP contribution in [0.3, 0.4) is 0 Å². The van der Waals surface area contributed by atoms with Crippen molar-refractivity contribution in [2.24, 2.45) is 5.92 Å². The van der Waals surface area contributed by atoms with Crippen molar-refractivity contribution in [1.82, 2.24) is 10.2 Å². The Kier molecular flexibility index (Phi) is 5.66. The van der Waals surface area contributed by atoms with E-state index in [4.69, 9.17) is 11.6 Å². The maximum Gasteiger partial charge on any atom is 0.253 e. The van der Waals surface area contributed by atoms with Crippen molar-refractivity contribution in [3.05, 3.63) is 28.8 Å². The minimum absolute atomic E-state index is 0.0167. The molecule has 1 saturated heterocycles. The SMILES string of the molecule is CCCNC(=O)C1CCCN(C(=O)c2ccc(O)c(Cl)c2)C1. The van der Waals surface area contributed by atoms with E-state index in [1.54, 1.807) is 11.0 Å². The summed E-state index contributed by atoms with van der Waals surface area (Å²) in [5.41, 5.74) is 0.428. The number of likely N-dealkylation sites (tertiary alicyclic amines) is 1. The first-order chi connectivity index (χ1) is 10.5. The molecule has 5 nitrogen and oxygen atoms in total. The number of hydrogen-bond donors (Lipinski definition) is 2. The molecule has 0 aliphatic carbocycles. The minimum atomic E-state index is -0.158. The fourth-order valence-corrected chi connectivity index (χ4v) is 2.77. The number of phenols is 1. The summed E-state index contributed by atoms with van der Waals surface area (Å²) in [5, 5.41) is 12.5. The molecule has 0 radical (unpaired) electrons. The van der Waals surface area contributed by atoms with E-state index in [9.17, 15) is 14.7 Å². The Hall–Kier alpha value is -1.75. The number of aromatic hydroxyl groups is 1. The van der Waals surface area contributed by atoms with Crippen LogP contribution in [0, 0.1) is 5.92 Å². The molecule has 2 N–H and O–H groups in total. The van der Waals surface area contributed by atoms with Gasteiger partial charge in [-0.15, -0.1) is 0 Å². The standard InChI is InChI=1S/C16H21ClN2O3/c1-2-7-18-15(21)12-4-3-8-19(10-12)16(22)11-5-6-14(20)13(17)9-11/h5-6,9,12,20H,2-4,7-8,10H2,1H3,(H,18,21). The number of piperidine rings is 1. The van der Waals surface area contributed by atoms with Gasteiger partial charge in [0, 0.05) is 25.2 Å². The van der Waals surface area contributed by atoms with E-state index in [1.165, 1.54) is 12.1 Å². The van der Waals surface area contributed by atoms with Crippen LogP contribution in [0.15, 0.2) is 18.2 Å². The van der Waals surface area contributed by atoms with Crippen LogP contribution >= 0.6 is 11.6 Å². The van der Waals surface area contributed by atoms with Crippen LogP contribution in [0.5, 0.6) is 5.75 Å². The molecule has 2 amide bonds. The van der Waals surface area contributed by atoms with Gasteiger partial charge in [-0.2, -0.15) is 0 Å². The van der Waals surface area contributed by atoms with Gasteiger partial charge in [0.15, 0.2) is 0 Å². The van der Waals surface area contributed by atoms with Gasteiger partial charge in [-0.1, -0.05) is 18.5 Å². The number of nitrogens with one attached hydrogen (secondary N) is 1. The number of halogens is 1. The van der Waals surface area contributed by atoms with E-state index < -0.39 is 0 Å². The number of benzene rings is 1. The Morgan fingerprint density at radius 2 is 2.23 bits per heavy atom. The molecule has 120 valence electrons. The minimum Gasteiger partial charge on any atom is -0.506 e. The molecule has 6 heteroatoms. The predicted molar refractivity (Wildman–Crippen MR) is 85.0 cm³/mol. The summed E-state index contributed by atoms with van der Waals surface area (Å²) in [5.74, 6) is -0.344. The lowest BCUT2D eigenvalue weighted by molar-refractivity contribution is -0.126. The van der Waals surface area contributed by atoms with Crippen molar-refractivity contribution in [2.75, 3.05) is 19.6 Å². The Bertz CT molecular complexity index is 562. The lowest BCUT2D eigenvalue weighted by Gasteiger charge is -2.32. The summed E-state index contributed by atoms with van der Waals surface area (Å²) in [4.78, 5) is 26.2. The highest BCUT2D eigenvalue weighted by Gasteiger charge is 2.28. The molecule has 22 heavy (non-hydrogen) atoms. The maximum atomic E-state index is 12.5. The summed E-state index contributed by atoms with van der Waals surface area (Å²) < 4.78 is 0. The third-order valence-electron chi connectivity index (χ3n) is 3.82. The fourth-order valence-electron chi connectivity index (χ4n) is 2.59. The molecule has 0 spiro atoms. The van der Waals surface area contributed by atoms with Gasteiger partial charge < -0.3 is 15.3 Å². The molecular weight excluding hydrogens is 304 g/mol. The van der Waals surface area contributed by atoms with Crippen LogP contribution < -0.4 is 5.32 Å². The molecule has 1 aliphatic rings. The molecule has 1 aromatic rings. The first kappa shape index (κ1) is 16.6. The van der Waals surface area contributed by atoms with Gasteiger partial charge in [0.1, 0.15) is 5.75 Å². The molecule has 0 bridgehead atoms. The molecular formula is C16H21ClN2O3. The summed E-state index contributed by atoms with van der Waals surface area (Å²) in [6.07, 6.45) is 2.50. The molecule has 0 saturated carbocycles. The molecule has 0 aromatic heterocycles. The van der Waals surface area contributed by atoms with Gasteiger partial charge in [-0.25, -0.2) is 0 Å². The molecule has 1 aliphatic heterocycles. The number of carbonyl (C=O) groups is 2. The molecule has 1 heterocycles. The van der Waals surface area contributed by atoms with Crippen LogP contribution in [-0.2, 0) is 4.79 Å². The van der Waals surface area contributed by atoms with Crippen LogP contribution in [0.25, 0.3) is 0 Å². The van der Waals surface area contributed by atoms with Crippen LogP contribution in [0.4, 0.5) is 0 Å². The van der Waals surface area contributed by atoms with E-state index in [0.717, 1.165) is 19.3 Å². The zero-order valence-electron chi connectivity index (χ0n) is 12.6. The van der Waals surface area contributed by atoms with E-state index in [0.29, 0.717) is 25.2 Å². The van der Waals surface area contributed by atoms with Crippen LogP contribution in [0.1, 0.15) is 36.5 Å². The van der Waals surface area contributed by atoms with Crippen molar-refractivity contribution < 1.29 is 14.7 Å². The third-order valence-corrected chi connectivity index (χ3v) is 4.13. The highest BCUT2D eigenvalue weighted by molar-refractivity contribution is 6.32. The second-order valence-electron chi connectivity index (χ2n) is 5.55. The lowest BCUT2D eigenvalue weighted by Crippen LogP contribution is -2.45. The first-order valence-corrected chi connectivity index (χ1v) is 7.96. The molecule has 1 aromatic carbocycles. The van der Waals surface area contributed by atoms with Gasteiger partial charge >= 0.3 is 0 Å². The predicted octanol–water partition coefficient (Wildman–Crippen LogP) is 2.42. The van der Waals surface area contributed by atoms with Crippen molar-refractivity contribution in [3.63, 3.8) is 0 Å². The second-order valence-corrected chi connectivity index (χ2v) is 5.95. The van der Waals surface area contributed by atoms with Gasteiger partial charge in [0.05, 0.1) is 10.9 Å². The zero-order valence-corrected chi connectivity index (χ0v) is 13.4. The van der Waals surface area contributed by atoms with Gasteiger partial charge in [0.2, 0.25) is 5.91 Å². The summed E-state index contributed by atoms with van der Waals surface area (Å²) in [6, 6.07) is 4.41. The largest absolute Gasteiger partial charge is 0.506 e. The monoisotopic (exact) mass is 324 g/mol. The first-order valence-electron chi connectivity index (χ1n) is 7.58. The Morgan fingerprint density at radius 3 is 2.91 bits per heavy atom. The highest BCUT2D eigenvalue weighted by Crippen LogP contribution is 2.25. The van der Waals surface area contributed by atoms with Gasteiger partial charge in [-0.3, -0.25) is 9.59 Å². The number of amides is 2. The number of hydrogen-bond acceptors (Lipinski definition) is 3. The topological polar surface area (TPSA) is 69.6 Å². The lowest BCUT2D eigenvalue weighted by atomic mass is 9.96. The van der Waals surface area contributed by atoms with Crippen LogP contribution in [0.2, 0.25) is 5.02 Å². The van der Waals surface area contributed by atoms with E-state index in [2.05, 4.69) is 5.32 Å². The van der Waals surface area contributed by atoms with Crippen molar-refractivity contribution in [2.45, 2.75) is 26.2 Å². The Labute approximate surface area is 135 Å². The van der Waals surface area contributed by atoms with Gasteiger partial charge in [-0.05, 0) is 37.5 Å². The smallest absolute Gasteiger partial charge is 0.253 e. The number of phenolic OH excluding ortho intramolecular Hbond substituents is 1. The van der Waals surface area contributed by atoms with Crippen molar-refractivity contribution in [3.8, 4) is 5.75 Å². The van der Waals surface area contributed by atoms with E-state index in [1.807, 2.05) is 6.92 Å². The zero-order chi connectivity index (χ0) is 16.1. The maximum absolute atomic E-state index is 12.5. The number of nitrogens with zero attached hydrogens (tertiary/aromatic N) is 1. The Balaban J connectivity index is 2.03. The van der Waals surface area contributed by atoms with Crippen molar-refractivity contribution >= 4 is 23.4 Å². The number of rotatable bonds is 4. The van der Waals surface area contributed by atoms with Gasteiger partial charge in [0.25, 0.3) is 5.91 Å². The fraction of sp³-hybridized carbons (Fsp3) is 0.500.